The third kappa shape index (κ3) is 1.70. The third-order valence-electron chi connectivity index (χ3n) is 4.58. The molecule has 2 aliphatic heterocycles. The molecule has 119 valence electrons. The quantitative estimate of drug-likeness (QED) is 0.762. The van der Waals surface area contributed by atoms with Crippen molar-refractivity contribution in [2.45, 2.75) is 12.8 Å². The summed E-state index contributed by atoms with van der Waals surface area (Å²) in [5.41, 5.74) is 0.658. The summed E-state index contributed by atoms with van der Waals surface area (Å²) >= 11 is 0. The smallest absolute Gasteiger partial charge is 0.330 e. The molecule has 1 radical (unpaired) electrons. The van der Waals surface area contributed by atoms with Gasteiger partial charge in [-0.25, -0.2) is 4.79 Å². The van der Waals surface area contributed by atoms with Crippen LogP contribution in [0.5, 0.6) is 5.88 Å². The highest BCUT2D eigenvalue weighted by atomic mass is 16.3. The van der Waals surface area contributed by atoms with Crippen LogP contribution in [0, 0.1) is 6.17 Å². The average Bonchev–Trinajstić information content (AvgIpc) is 3.14. The van der Waals surface area contributed by atoms with Crippen molar-refractivity contribution in [2.24, 2.45) is 14.1 Å². The van der Waals surface area contributed by atoms with Crippen LogP contribution < -0.4 is 26.2 Å². The first-order chi connectivity index (χ1) is 11.0. The maximum Gasteiger partial charge on any atom is 0.330 e. The number of nitrogens with zero attached hydrogens (tertiary/aromatic N) is 4. The van der Waals surface area contributed by atoms with Crippen LogP contribution in [0.4, 0.5) is 17.1 Å². The molecule has 0 unspecified atom stereocenters. The SMILES string of the molecule is Cn1c([O-])c(N2[C]3CCCN3c3ccccc32)c(=O)n(C)c1=O. The number of anilines is 3. The van der Waals surface area contributed by atoms with Gasteiger partial charge in [-0.3, -0.25) is 9.36 Å². The summed E-state index contributed by atoms with van der Waals surface area (Å²) in [6, 6.07) is 7.70. The van der Waals surface area contributed by atoms with E-state index in [9.17, 15) is 14.7 Å². The molecule has 7 heteroatoms. The van der Waals surface area contributed by atoms with E-state index in [1.54, 1.807) is 4.90 Å². The Morgan fingerprint density at radius 3 is 2.48 bits per heavy atom. The number of rotatable bonds is 1. The molecule has 1 fully saturated rings. The molecular weight excluding hydrogens is 296 g/mol. The van der Waals surface area contributed by atoms with Gasteiger partial charge in [0.15, 0.2) is 6.17 Å². The minimum absolute atomic E-state index is 0.0152. The molecule has 0 bridgehead atoms. The summed E-state index contributed by atoms with van der Waals surface area (Å²) in [7, 11) is 2.79. The van der Waals surface area contributed by atoms with Crippen LogP contribution in [0.3, 0.4) is 0 Å². The molecule has 0 aliphatic carbocycles. The lowest BCUT2D eigenvalue weighted by atomic mass is 10.2. The van der Waals surface area contributed by atoms with Crippen molar-refractivity contribution < 1.29 is 5.11 Å². The maximum absolute atomic E-state index is 12.6. The molecule has 1 aromatic heterocycles. The lowest BCUT2D eigenvalue weighted by molar-refractivity contribution is -0.278. The Bertz CT molecular complexity index is 915. The summed E-state index contributed by atoms with van der Waals surface area (Å²) in [6.07, 6.45) is 2.69. The van der Waals surface area contributed by atoms with Crippen LogP contribution in [0.15, 0.2) is 33.9 Å². The second-order valence-corrected chi connectivity index (χ2v) is 5.86. The van der Waals surface area contributed by atoms with Gasteiger partial charge in [-0.15, -0.1) is 0 Å². The molecule has 0 saturated carbocycles. The van der Waals surface area contributed by atoms with Gasteiger partial charge < -0.3 is 19.5 Å². The van der Waals surface area contributed by atoms with Crippen molar-refractivity contribution in [3.63, 3.8) is 0 Å². The van der Waals surface area contributed by atoms with E-state index in [-0.39, 0.29) is 5.69 Å². The van der Waals surface area contributed by atoms with Crippen LogP contribution >= 0.6 is 0 Å². The Labute approximate surface area is 132 Å². The number of hydrogen-bond donors (Lipinski definition) is 0. The van der Waals surface area contributed by atoms with E-state index in [1.807, 2.05) is 24.3 Å². The van der Waals surface area contributed by atoms with Gasteiger partial charge in [-0.2, -0.15) is 0 Å². The zero-order valence-electron chi connectivity index (χ0n) is 12.9. The Balaban J connectivity index is 2.02. The van der Waals surface area contributed by atoms with Gasteiger partial charge in [0.05, 0.1) is 11.4 Å². The van der Waals surface area contributed by atoms with E-state index in [0.717, 1.165) is 46.1 Å². The zero-order chi connectivity index (χ0) is 16.3. The molecule has 3 heterocycles. The number of fused-ring (bicyclic) bond motifs is 3. The number of benzene rings is 1. The predicted octanol–water partition coefficient (Wildman–Crippen LogP) is 0.399. The van der Waals surface area contributed by atoms with E-state index in [0.29, 0.717) is 0 Å². The van der Waals surface area contributed by atoms with Gasteiger partial charge in [-0.1, -0.05) is 12.1 Å². The highest BCUT2D eigenvalue weighted by Gasteiger charge is 2.42. The first-order valence-electron chi connectivity index (χ1n) is 7.52. The lowest BCUT2D eigenvalue weighted by Gasteiger charge is -2.30. The van der Waals surface area contributed by atoms with Crippen molar-refractivity contribution in [1.82, 2.24) is 9.13 Å². The van der Waals surface area contributed by atoms with Crippen molar-refractivity contribution in [1.29, 1.82) is 0 Å². The fourth-order valence-electron chi connectivity index (χ4n) is 3.42. The van der Waals surface area contributed by atoms with Crippen LogP contribution in [-0.2, 0) is 14.1 Å². The second-order valence-electron chi connectivity index (χ2n) is 5.86. The first-order valence-corrected chi connectivity index (χ1v) is 7.52. The highest BCUT2D eigenvalue weighted by molar-refractivity contribution is 5.88. The summed E-state index contributed by atoms with van der Waals surface area (Å²) in [4.78, 5) is 28.4. The Morgan fingerprint density at radius 2 is 1.74 bits per heavy atom. The van der Waals surface area contributed by atoms with E-state index in [4.69, 9.17) is 0 Å². The summed E-state index contributed by atoms with van der Waals surface area (Å²) < 4.78 is 1.97. The standard InChI is InChI=1S/C16H17N4O3/c1-17-14(21)13(15(22)18(2)16(17)23)20-11-7-4-3-6-10(11)19-9-5-8-12(19)20/h3-4,6-7,21H,5,8-9H2,1-2H3/p-1. The van der Waals surface area contributed by atoms with E-state index < -0.39 is 17.1 Å². The minimum Gasteiger partial charge on any atom is -0.858 e. The average molecular weight is 312 g/mol. The number of aromatic nitrogens is 2. The van der Waals surface area contributed by atoms with Crippen molar-refractivity contribution >= 4 is 17.1 Å². The molecule has 7 nitrogen and oxygen atoms in total. The lowest BCUT2D eigenvalue weighted by Crippen LogP contribution is -2.42. The summed E-state index contributed by atoms with van der Waals surface area (Å²) in [6.45, 7) is 0.864. The fourth-order valence-corrected chi connectivity index (χ4v) is 3.42. The number of hydrogen-bond acceptors (Lipinski definition) is 5. The molecule has 1 saturated heterocycles. The fraction of sp³-hybridized carbons (Fsp3) is 0.312. The Morgan fingerprint density at radius 1 is 1.04 bits per heavy atom. The van der Waals surface area contributed by atoms with Gasteiger partial charge >= 0.3 is 5.69 Å². The topological polar surface area (TPSA) is 73.5 Å². The molecule has 2 aromatic rings. The molecule has 0 amide bonds. The maximum atomic E-state index is 12.6. The van der Waals surface area contributed by atoms with E-state index >= 15 is 0 Å². The van der Waals surface area contributed by atoms with E-state index in [1.165, 1.54) is 14.1 Å². The minimum atomic E-state index is -0.607. The Kier molecular flexibility index (Phi) is 2.81. The molecule has 2 aliphatic rings. The summed E-state index contributed by atoms with van der Waals surface area (Å²) in [5, 5.41) is 12.6. The van der Waals surface area contributed by atoms with Crippen LogP contribution in [0.25, 0.3) is 0 Å². The van der Waals surface area contributed by atoms with Crippen LogP contribution in [0.1, 0.15) is 12.8 Å². The Hall–Kier alpha value is -2.70. The summed E-state index contributed by atoms with van der Waals surface area (Å²) in [5.74, 6) is -0.561. The van der Waals surface area contributed by atoms with Crippen LogP contribution in [0.2, 0.25) is 0 Å². The highest BCUT2D eigenvalue weighted by Crippen LogP contribution is 2.51. The first kappa shape index (κ1) is 13.9. The largest absolute Gasteiger partial charge is 0.858 e. The van der Waals surface area contributed by atoms with Crippen molar-refractivity contribution in [3.05, 3.63) is 51.3 Å². The van der Waals surface area contributed by atoms with E-state index in [2.05, 4.69) is 4.90 Å². The molecular formula is C16H16N4O3-. The van der Waals surface area contributed by atoms with Crippen molar-refractivity contribution in [2.75, 3.05) is 16.3 Å². The van der Waals surface area contributed by atoms with Gasteiger partial charge in [-0.05, 0) is 30.9 Å². The third-order valence-corrected chi connectivity index (χ3v) is 4.58. The molecule has 4 rings (SSSR count). The monoisotopic (exact) mass is 312 g/mol. The van der Waals surface area contributed by atoms with Gasteiger partial charge in [0.1, 0.15) is 5.69 Å². The normalized spacial score (nSPS) is 16.8. The van der Waals surface area contributed by atoms with Crippen molar-refractivity contribution in [3.8, 4) is 5.88 Å². The van der Waals surface area contributed by atoms with Gasteiger partial charge in [0.25, 0.3) is 5.56 Å². The van der Waals surface area contributed by atoms with Gasteiger partial charge in [0, 0.05) is 20.6 Å². The molecule has 0 N–H and O–H groups in total. The number of para-hydroxylation sites is 2. The molecule has 0 spiro atoms. The zero-order valence-corrected chi connectivity index (χ0v) is 12.9. The predicted molar refractivity (Wildman–Crippen MR) is 84.8 cm³/mol. The molecule has 0 atom stereocenters. The van der Waals surface area contributed by atoms with Crippen LogP contribution in [-0.4, -0.2) is 15.7 Å². The second kappa shape index (κ2) is 4.65. The van der Waals surface area contributed by atoms with Gasteiger partial charge in [0.2, 0.25) is 0 Å². The molecule has 23 heavy (non-hydrogen) atoms. The molecule has 1 aromatic carbocycles.